The van der Waals surface area contributed by atoms with Gasteiger partial charge < -0.3 is 9.80 Å². The van der Waals surface area contributed by atoms with Crippen LogP contribution in [0.1, 0.15) is 34.7 Å². The van der Waals surface area contributed by atoms with E-state index in [1.165, 1.54) is 22.9 Å². The van der Waals surface area contributed by atoms with Crippen molar-refractivity contribution in [1.29, 1.82) is 0 Å². The smallest absolute Gasteiger partial charge is 0.284 e. The zero-order valence-electron chi connectivity index (χ0n) is 49.7. The van der Waals surface area contributed by atoms with Gasteiger partial charge in [-0.05, 0) is 159 Å². The molecule has 4 aromatic heterocycles. The number of thiocarbonyl (C=S) groups is 1. The number of hydrogen-bond donors (Lipinski definition) is 0. The number of benzene rings is 10. The molecule has 16 rings (SSSR count). The van der Waals surface area contributed by atoms with Crippen LogP contribution in [0.15, 0.2) is 220 Å². The largest absolute Gasteiger partial charge is 0.301 e. The minimum absolute atomic E-state index is 0.115. The van der Waals surface area contributed by atoms with E-state index in [0.717, 1.165) is 132 Å². The molecule has 18 heteroatoms. The zero-order chi connectivity index (χ0) is 62.5. The lowest BCUT2D eigenvalue weighted by Crippen LogP contribution is -2.30. The number of carbonyl (C=O) groups excluding carboxylic acids is 1. The van der Waals surface area contributed by atoms with Crippen molar-refractivity contribution in [3.8, 4) is 20.9 Å². The van der Waals surface area contributed by atoms with Crippen LogP contribution < -0.4 is 26.0 Å². The number of carbonyl (C=O) groups is 1. The number of aromatic nitrogens is 4. The minimum Gasteiger partial charge on any atom is -0.301 e. The number of amides is 1. The van der Waals surface area contributed by atoms with Gasteiger partial charge in [-0.2, -0.15) is 17.5 Å². The monoisotopic (exact) mass is 1300 g/mol. The molecule has 0 saturated carbocycles. The summed E-state index contributed by atoms with van der Waals surface area (Å²) in [5, 5.41) is 9.56. The third-order valence-electron chi connectivity index (χ3n) is 16.9. The Labute approximate surface area is 552 Å². The molecule has 1 aliphatic heterocycles. The van der Waals surface area contributed by atoms with E-state index < -0.39 is 10.9 Å². The van der Waals surface area contributed by atoms with E-state index in [1.54, 1.807) is 33.6 Å². The third-order valence-corrected chi connectivity index (χ3v) is 21.8. The van der Waals surface area contributed by atoms with Gasteiger partial charge in [0.05, 0.1) is 34.8 Å². The Morgan fingerprint density at radius 2 is 0.924 bits per heavy atom. The summed E-state index contributed by atoms with van der Waals surface area (Å²) in [5.41, 5.74) is 14.2. The fourth-order valence-corrected chi connectivity index (χ4v) is 17.3. The van der Waals surface area contributed by atoms with Crippen LogP contribution in [0.2, 0.25) is 0 Å². The van der Waals surface area contributed by atoms with E-state index in [0.29, 0.717) is 61.0 Å². The van der Waals surface area contributed by atoms with Gasteiger partial charge in [0.2, 0.25) is 5.43 Å². The van der Waals surface area contributed by atoms with Crippen molar-refractivity contribution >= 4 is 195 Å². The third kappa shape index (κ3) is 9.92. The van der Waals surface area contributed by atoms with E-state index in [9.17, 15) is 14.4 Å². The molecule has 0 radical (unpaired) electrons. The fraction of sp³-hybridized carbons (Fsp3) is 0.0811. The van der Waals surface area contributed by atoms with Gasteiger partial charge in [0.15, 0.2) is 5.04 Å². The van der Waals surface area contributed by atoms with Gasteiger partial charge in [0, 0.05) is 82.5 Å². The van der Waals surface area contributed by atoms with Gasteiger partial charge >= 0.3 is 0 Å². The summed E-state index contributed by atoms with van der Waals surface area (Å²) in [6.45, 7) is 8.71. The first kappa shape index (κ1) is 57.4. The van der Waals surface area contributed by atoms with E-state index in [2.05, 4.69) is 176 Å². The van der Waals surface area contributed by atoms with Crippen molar-refractivity contribution < 1.29 is 4.79 Å². The lowest BCUT2D eigenvalue weighted by Gasteiger charge is -2.25. The second-order valence-electron chi connectivity index (χ2n) is 22.8. The van der Waals surface area contributed by atoms with Gasteiger partial charge in [0.25, 0.3) is 11.3 Å². The van der Waals surface area contributed by atoms with Crippen LogP contribution >= 0.6 is 70.1 Å². The number of thioether (sulfide) groups is 1. The maximum absolute atomic E-state index is 13.6. The van der Waals surface area contributed by atoms with Crippen LogP contribution in [0.25, 0.3) is 86.0 Å². The molecule has 92 heavy (non-hydrogen) atoms. The molecule has 0 N–H and O–H groups in total. The highest BCUT2D eigenvalue weighted by molar-refractivity contribution is 8.35. The van der Waals surface area contributed by atoms with Crippen LogP contribution in [-0.4, -0.2) is 44.2 Å². The van der Waals surface area contributed by atoms with E-state index in [4.69, 9.17) is 39.7 Å². The maximum Gasteiger partial charge on any atom is 0.284 e. The number of fused-ring (bicyclic) bond motifs is 6. The molecular weight excluding hydrogens is 1260 g/mol. The second-order valence-corrected chi connectivity index (χ2v) is 27.5. The molecule has 1 fully saturated rings. The summed E-state index contributed by atoms with van der Waals surface area (Å²) in [5.74, 6) is -0.200. The average Bonchev–Trinajstić information content (AvgIpc) is 1.60. The number of hydrogen-bond acceptors (Lipinski definition) is 17. The second kappa shape index (κ2) is 23.2. The normalized spacial score (nSPS) is 13.5. The van der Waals surface area contributed by atoms with E-state index in [-0.39, 0.29) is 11.3 Å². The van der Waals surface area contributed by atoms with Crippen molar-refractivity contribution in [2.75, 3.05) is 16.3 Å². The van der Waals surface area contributed by atoms with Gasteiger partial charge in [-0.25, -0.2) is 9.98 Å². The lowest BCUT2D eigenvalue weighted by molar-refractivity contribution is -0.119. The molecule has 12 nitrogen and oxygen atoms in total. The Bertz CT molecular complexity index is 5680. The highest BCUT2D eigenvalue weighted by atomic mass is 32.2. The number of aliphatic imine (C=N–C) groups is 1. The molecule has 444 valence electrons. The molecule has 0 spiro atoms. The molecule has 1 amide bonds. The predicted molar refractivity (Wildman–Crippen MR) is 389 cm³/mol. The Morgan fingerprint density at radius 1 is 0.457 bits per heavy atom. The molecular formula is C74H49N9O3S6. The van der Waals surface area contributed by atoms with Crippen LogP contribution in [0.3, 0.4) is 0 Å². The summed E-state index contributed by atoms with van der Waals surface area (Å²) >= 11 is 12.4. The molecule has 5 heterocycles. The molecule has 1 saturated heterocycles. The molecule has 0 unspecified atom stereocenters. The highest BCUT2D eigenvalue weighted by Gasteiger charge is 2.33. The van der Waals surface area contributed by atoms with Crippen LogP contribution in [0.4, 0.5) is 44.1 Å². The van der Waals surface area contributed by atoms with Gasteiger partial charge in [0.1, 0.15) is 41.7 Å². The number of nitrogens with zero attached hydrogens (tertiary/aromatic N) is 9. The summed E-state index contributed by atoms with van der Waals surface area (Å²) in [7, 11) is 0. The Hall–Kier alpha value is -9.79. The SMILES string of the molecule is CCN1C(=O)/C(=N\c2ccc(-c3sc(N(c4ccc(C)cc4)c4ccc(C)cc4)c4cc(Cc5ccc(N(c6ccc(C)cc6)c6sc(-c7ccc(/N=c8\c(=O)c(=O)c9cc%10ccccc%10cc89)c8nsnc78)c7ccccc67)cc5)ccc34)c3nsnc23)SC1=S. The summed E-state index contributed by atoms with van der Waals surface area (Å²) in [6, 6.07) is 69.6. The quantitative estimate of drug-likeness (QED) is 0.0806. The van der Waals surface area contributed by atoms with Crippen molar-refractivity contribution in [2.45, 2.75) is 34.1 Å². The number of anilines is 6. The van der Waals surface area contributed by atoms with Crippen molar-refractivity contribution in [2.24, 2.45) is 9.98 Å². The molecule has 0 bridgehead atoms. The first-order chi connectivity index (χ1) is 44.9. The summed E-state index contributed by atoms with van der Waals surface area (Å²) in [6.07, 6.45) is 0.671. The van der Waals surface area contributed by atoms with E-state index in [1.807, 2.05) is 55.5 Å². The number of thiophene rings is 2. The molecule has 0 aliphatic carbocycles. The fourth-order valence-electron chi connectivity index (χ4n) is 12.2. The van der Waals surface area contributed by atoms with Crippen molar-refractivity contribution in [3.05, 3.63) is 254 Å². The predicted octanol–water partition coefficient (Wildman–Crippen LogP) is 19.0. The topological polar surface area (TPSA) is 137 Å². The highest BCUT2D eigenvalue weighted by Crippen LogP contribution is 2.53. The summed E-state index contributed by atoms with van der Waals surface area (Å²) < 4.78 is 19.8. The standard InChI is InChI=1S/C74H49N9O3S6/c1-5-81-71(86)70(90-74(81)87)76-60-35-33-55(62-65(60)80-92-78-62)69-52-31-22-44(37-58(52)73(89-69)83(48-25-16-41(3)17-26-48)49-27-18-42(4)19-28-49)36-43-20-29-50(30-21-43)82(47-23-14-40(2)15-24-47)72-53-13-9-8-12-51(53)68(88-72)54-32-34-59(64-61(54)77-91-79-64)75-63-56-38-45-10-6-7-11-46(45)39-57(56)66(84)67(63)85/h6-35,37-39H,5,36H2,1-4H3/b75-63-,76-70+. The first-order valence-electron chi connectivity index (χ1n) is 29.7. The molecule has 0 atom stereocenters. The number of rotatable bonds is 13. The van der Waals surface area contributed by atoms with Crippen LogP contribution in [0.5, 0.6) is 0 Å². The van der Waals surface area contributed by atoms with E-state index >= 15 is 0 Å². The zero-order valence-corrected chi connectivity index (χ0v) is 54.6. The Kier molecular flexibility index (Phi) is 14.4. The summed E-state index contributed by atoms with van der Waals surface area (Å²) in [4.78, 5) is 58.5. The van der Waals surface area contributed by atoms with Crippen molar-refractivity contribution in [1.82, 2.24) is 22.4 Å². The molecule has 1 aliphatic rings. The Morgan fingerprint density at radius 3 is 1.47 bits per heavy atom. The van der Waals surface area contributed by atoms with Crippen molar-refractivity contribution in [3.63, 3.8) is 0 Å². The molecule has 15 aromatic rings. The first-order valence-corrected chi connectivity index (χ1v) is 34.1. The van der Waals surface area contributed by atoms with Crippen LogP contribution in [0, 0.1) is 20.8 Å². The van der Waals surface area contributed by atoms with Gasteiger partial charge in [-0.3, -0.25) is 19.3 Å². The number of aryl methyl sites for hydroxylation is 3. The van der Waals surface area contributed by atoms with Gasteiger partial charge in [-0.15, -0.1) is 22.7 Å². The maximum atomic E-state index is 13.6. The Balaban J connectivity index is 0.780. The minimum atomic E-state index is -0.630. The van der Waals surface area contributed by atoms with Crippen LogP contribution in [-0.2, 0) is 11.2 Å². The van der Waals surface area contributed by atoms with Gasteiger partial charge in [-0.1, -0.05) is 138 Å². The molecule has 11 aromatic carbocycles. The average molecular weight is 1300 g/mol. The lowest BCUT2D eigenvalue weighted by atomic mass is 9.99.